The summed E-state index contributed by atoms with van der Waals surface area (Å²) in [7, 11) is 0. The minimum absolute atomic E-state index is 0.0380. The largest absolute Gasteiger partial charge is 0.368 e. The Morgan fingerprint density at radius 3 is 2.74 bits per heavy atom. The van der Waals surface area contributed by atoms with Crippen molar-refractivity contribution in [2.75, 3.05) is 26.2 Å². The van der Waals surface area contributed by atoms with Gasteiger partial charge in [0.25, 0.3) is 5.91 Å². The van der Waals surface area contributed by atoms with Gasteiger partial charge in [0.2, 0.25) is 5.91 Å². The highest BCUT2D eigenvalue weighted by atomic mass is 16.2. The highest BCUT2D eigenvalue weighted by molar-refractivity contribution is 6.06. The second kappa shape index (κ2) is 6.42. The zero-order valence-corrected chi connectivity index (χ0v) is 13.3. The van der Waals surface area contributed by atoms with Crippen molar-refractivity contribution >= 4 is 22.7 Å². The van der Waals surface area contributed by atoms with E-state index < -0.39 is 0 Å². The number of hydrogen-bond donors (Lipinski definition) is 2. The molecule has 1 aliphatic heterocycles. The molecule has 1 fully saturated rings. The molecule has 0 radical (unpaired) electrons. The molecule has 1 aromatic carbocycles. The van der Waals surface area contributed by atoms with Crippen LogP contribution in [-0.2, 0) is 4.79 Å². The van der Waals surface area contributed by atoms with Gasteiger partial charge in [-0.2, -0.15) is 0 Å². The van der Waals surface area contributed by atoms with Crippen LogP contribution in [0, 0.1) is 0 Å². The Morgan fingerprint density at radius 1 is 1.17 bits per heavy atom. The first-order valence-corrected chi connectivity index (χ1v) is 7.96. The number of amides is 2. The van der Waals surface area contributed by atoms with Crippen molar-refractivity contribution in [3.8, 4) is 0 Å². The molecule has 3 rings (SSSR count). The third kappa shape index (κ3) is 3.07. The number of rotatable bonds is 3. The zero-order valence-electron chi connectivity index (χ0n) is 13.3. The lowest BCUT2D eigenvalue weighted by Gasteiger charge is -2.25. The van der Waals surface area contributed by atoms with E-state index >= 15 is 0 Å². The summed E-state index contributed by atoms with van der Waals surface area (Å²) in [6.45, 7) is 4.57. The van der Waals surface area contributed by atoms with E-state index in [1.165, 1.54) is 0 Å². The summed E-state index contributed by atoms with van der Waals surface area (Å²) in [5.41, 5.74) is 7.06. The number of carbonyl (C=O) groups is 2. The summed E-state index contributed by atoms with van der Waals surface area (Å²) >= 11 is 0. The zero-order chi connectivity index (χ0) is 16.4. The lowest BCUT2D eigenvalue weighted by atomic mass is 10.1. The Balaban J connectivity index is 1.75. The monoisotopic (exact) mass is 314 g/mol. The first-order chi connectivity index (χ1) is 11.1. The van der Waals surface area contributed by atoms with Crippen molar-refractivity contribution in [3.05, 3.63) is 36.0 Å². The van der Waals surface area contributed by atoms with Crippen molar-refractivity contribution in [3.63, 3.8) is 0 Å². The number of nitrogens with two attached hydrogens (primary N) is 1. The average Bonchev–Trinajstić information content (AvgIpc) is 2.82. The van der Waals surface area contributed by atoms with E-state index in [4.69, 9.17) is 5.73 Å². The number of benzene rings is 1. The van der Waals surface area contributed by atoms with Crippen LogP contribution in [-0.4, -0.2) is 58.8 Å². The lowest BCUT2D eigenvalue weighted by Crippen LogP contribution is -2.44. The second-order valence-electron chi connectivity index (χ2n) is 6.01. The van der Waals surface area contributed by atoms with Crippen LogP contribution in [0.15, 0.2) is 30.5 Å². The number of aromatic nitrogens is 1. The number of carbonyl (C=O) groups excluding carboxylic acids is 2. The third-order valence-corrected chi connectivity index (χ3v) is 4.60. The molecule has 6 nitrogen and oxygen atoms in total. The summed E-state index contributed by atoms with van der Waals surface area (Å²) in [6, 6.07) is 7.51. The van der Waals surface area contributed by atoms with Gasteiger partial charge in [-0.1, -0.05) is 18.2 Å². The van der Waals surface area contributed by atoms with Gasteiger partial charge in [-0.15, -0.1) is 0 Å². The van der Waals surface area contributed by atoms with Gasteiger partial charge in [0.15, 0.2) is 0 Å². The van der Waals surface area contributed by atoms with Gasteiger partial charge in [-0.05, 0) is 19.4 Å². The normalized spacial score (nSPS) is 17.9. The van der Waals surface area contributed by atoms with E-state index in [1.54, 1.807) is 6.20 Å². The number of hydrogen-bond acceptors (Lipinski definition) is 3. The minimum Gasteiger partial charge on any atom is -0.368 e. The van der Waals surface area contributed by atoms with E-state index in [-0.39, 0.29) is 17.9 Å². The Morgan fingerprint density at radius 2 is 1.96 bits per heavy atom. The van der Waals surface area contributed by atoms with Gasteiger partial charge in [-0.3, -0.25) is 14.5 Å². The Hall–Kier alpha value is -2.34. The molecule has 1 aliphatic rings. The highest BCUT2D eigenvalue weighted by Crippen LogP contribution is 2.20. The number of H-pyrrole nitrogens is 1. The number of para-hydroxylation sites is 1. The molecule has 0 bridgehead atoms. The van der Waals surface area contributed by atoms with Crippen LogP contribution in [0.5, 0.6) is 0 Å². The predicted molar refractivity (Wildman–Crippen MR) is 89.0 cm³/mol. The Bertz CT molecular complexity index is 724. The molecule has 1 aromatic heterocycles. The van der Waals surface area contributed by atoms with E-state index in [2.05, 4.69) is 4.98 Å². The summed E-state index contributed by atoms with van der Waals surface area (Å²) in [5.74, 6) is -0.280. The molecule has 2 heterocycles. The summed E-state index contributed by atoms with van der Waals surface area (Å²) in [6.07, 6.45) is 2.62. The fourth-order valence-electron chi connectivity index (χ4n) is 3.13. The first kappa shape index (κ1) is 15.6. The lowest BCUT2D eigenvalue weighted by molar-refractivity contribution is -0.122. The molecule has 2 amide bonds. The summed E-state index contributed by atoms with van der Waals surface area (Å²) < 4.78 is 0. The number of primary amides is 1. The molecule has 3 N–H and O–H groups in total. The fraction of sp³-hybridized carbons (Fsp3) is 0.412. The quantitative estimate of drug-likeness (QED) is 0.893. The maximum Gasteiger partial charge on any atom is 0.256 e. The van der Waals surface area contributed by atoms with Crippen LogP contribution < -0.4 is 5.73 Å². The van der Waals surface area contributed by atoms with E-state index in [1.807, 2.05) is 41.0 Å². The average molecular weight is 314 g/mol. The molecular formula is C17H22N4O2. The van der Waals surface area contributed by atoms with E-state index in [0.29, 0.717) is 25.2 Å². The number of aromatic amines is 1. The fourth-order valence-corrected chi connectivity index (χ4v) is 3.13. The first-order valence-electron chi connectivity index (χ1n) is 7.96. The molecule has 1 atom stereocenters. The minimum atomic E-state index is -0.318. The third-order valence-electron chi connectivity index (χ3n) is 4.60. The van der Waals surface area contributed by atoms with Gasteiger partial charge in [0, 0.05) is 43.3 Å². The Kier molecular flexibility index (Phi) is 4.34. The SMILES string of the molecule is C[C@@H](C(N)=O)N1CCCN(C(=O)c2c[nH]c3ccccc23)CC1. The van der Waals surface area contributed by atoms with Crippen molar-refractivity contribution in [2.45, 2.75) is 19.4 Å². The van der Waals surface area contributed by atoms with Gasteiger partial charge in [0.1, 0.15) is 0 Å². The van der Waals surface area contributed by atoms with Crippen LogP contribution in [0.4, 0.5) is 0 Å². The van der Waals surface area contributed by atoms with Crippen LogP contribution in [0.2, 0.25) is 0 Å². The standard InChI is InChI=1S/C17H22N4O2/c1-12(16(18)22)20-7-4-8-21(10-9-20)17(23)14-11-19-15-6-3-2-5-13(14)15/h2-3,5-6,11-12,19H,4,7-10H2,1H3,(H2,18,22)/t12-/m0/s1. The van der Waals surface area contributed by atoms with Crippen molar-refractivity contribution in [2.24, 2.45) is 5.73 Å². The number of nitrogens with zero attached hydrogens (tertiary/aromatic N) is 2. The van der Waals surface area contributed by atoms with Gasteiger partial charge < -0.3 is 15.6 Å². The van der Waals surface area contributed by atoms with Crippen molar-refractivity contribution in [1.29, 1.82) is 0 Å². The highest BCUT2D eigenvalue weighted by Gasteiger charge is 2.25. The van der Waals surface area contributed by atoms with Gasteiger partial charge in [0.05, 0.1) is 11.6 Å². The summed E-state index contributed by atoms with van der Waals surface area (Å²) in [4.78, 5) is 31.2. The maximum absolute atomic E-state index is 12.8. The number of nitrogens with one attached hydrogen (secondary N) is 1. The molecule has 0 unspecified atom stereocenters. The molecular weight excluding hydrogens is 292 g/mol. The van der Waals surface area contributed by atoms with E-state index in [9.17, 15) is 9.59 Å². The van der Waals surface area contributed by atoms with Crippen LogP contribution in [0.25, 0.3) is 10.9 Å². The predicted octanol–water partition coefficient (Wildman–Crippen LogP) is 1.19. The van der Waals surface area contributed by atoms with E-state index in [0.717, 1.165) is 23.9 Å². The van der Waals surface area contributed by atoms with Gasteiger partial charge >= 0.3 is 0 Å². The van der Waals surface area contributed by atoms with Crippen molar-refractivity contribution in [1.82, 2.24) is 14.8 Å². The van der Waals surface area contributed by atoms with Crippen molar-refractivity contribution < 1.29 is 9.59 Å². The second-order valence-corrected chi connectivity index (χ2v) is 6.01. The summed E-state index contributed by atoms with van der Waals surface area (Å²) in [5, 5.41) is 0.948. The maximum atomic E-state index is 12.8. The molecule has 6 heteroatoms. The molecule has 0 spiro atoms. The van der Waals surface area contributed by atoms with Crippen LogP contribution in [0.1, 0.15) is 23.7 Å². The van der Waals surface area contributed by atoms with Gasteiger partial charge in [-0.25, -0.2) is 0 Å². The topological polar surface area (TPSA) is 82.4 Å². The molecule has 2 aromatic rings. The molecule has 122 valence electrons. The number of fused-ring (bicyclic) bond motifs is 1. The molecule has 0 saturated carbocycles. The smallest absolute Gasteiger partial charge is 0.256 e. The van der Waals surface area contributed by atoms with Crippen LogP contribution in [0.3, 0.4) is 0 Å². The molecule has 0 aliphatic carbocycles. The molecule has 1 saturated heterocycles. The molecule has 23 heavy (non-hydrogen) atoms. The van der Waals surface area contributed by atoms with Crippen LogP contribution >= 0.6 is 0 Å². The Labute approximate surface area is 135 Å².